The average molecular weight is 336 g/mol. The van der Waals surface area contributed by atoms with Crippen LogP contribution in [0.1, 0.15) is 17.5 Å². The number of aryl methyl sites for hydroxylation is 2. The maximum Gasteiger partial charge on any atom is 0.240 e. The predicted octanol–water partition coefficient (Wildman–Crippen LogP) is 2.38. The van der Waals surface area contributed by atoms with Crippen molar-refractivity contribution in [3.63, 3.8) is 0 Å². The van der Waals surface area contributed by atoms with Crippen molar-refractivity contribution in [2.45, 2.75) is 25.2 Å². The van der Waals surface area contributed by atoms with E-state index in [9.17, 15) is 8.42 Å². The van der Waals surface area contributed by atoms with Crippen LogP contribution in [0.15, 0.2) is 21.5 Å². The number of halogens is 1. The molecular weight excluding hydrogens is 318 g/mol. The predicted molar refractivity (Wildman–Crippen MR) is 75.3 cm³/mol. The fourth-order valence-electron chi connectivity index (χ4n) is 1.54. The molecule has 0 amide bonds. The number of hydrogen-bond acceptors (Lipinski definition) is 3. The highest BCUT2D eigenvalue weighted by Gasteiger charge is 2.17. The van der Waals surface area contributed by atoms with Crippen LogP contribution < -0.4 is 4.72 Å². The van der Waals surface area contributed by atoms with Gasteiger partial charge in [0, 0.05) is 24.7 Å². The molecule has 1 rings (SSSR count). The molecule has 1 aromatic rings. The highest BCUT2D eigenvalue weighted by Crippen LogP contribution is 2.24. The van der Waals surface area contributed by atoms with Crippen LogP contribution in [0.5, 0.6) is 0 Å². The van der Waals surface area contributed by atoms with Gasteiger partial charge in [0.1, 0.15) is 0 Å². The largest absolute Gasteiger partial charge is 0.385 e. The monoisotopic (exact) mass is 335 g/mol. The summed E-state index contributed by atoms with van der Waals surface area (Å²) in [5.41, 5.74) is 1.63. The number of hydrogen-bond donors (Lipinski definition) is 1. The molecule has 0 spiro atoms. The van der Waals surface area contributed by atoms with E-state index in [1.54, 1.807) is 20.1 Å². The molecule has 0 unspecified atom stereocenters. The summed E-state index contributed by atoms with van der Waals surface area (Å²) in [4.78, 5) is 0.334. The third-order valence-electron chi connectivity index (χ3n) is 2.56. The maximum absolute atomic E-state index is 12.1. The van der Waals surface area contributed by atoms with Crippen LogP contribution in [0.25, 0.3) is 0 Å². The maximum atomic E-state index is 12.1. The molecule has 0 aliphatic heterocycles. The lowest BCUT2D eigenvalue weighted by Gasteiger charge is -2.11. The zero-order valence-corrected chi connectivity index (χ0v) is 13.2. The highest BCUT2D eigenvalue weighted by molar-refractivity contribution is 9.10. The minimum Gasteiger partial charge on any atom is -0.385 e. The molecular formula is C12H18BrNO3S. The van der Waals surface area contributed by atoms with Crippen molar-refractivity contribution < 1.29 is 13.2 Å². The van der Waals surface area contributed by atoms with Crippen LogP contribution in [-0.4, -0.2) is 28.7 Å². The Hall–Kier alpha value is -0.430. The number of sulfonamides is 1. The average Bonchev–Trinajstić information content (AvgIpc) is 2.29. The third kappa shape index (κ3) is 4.05. The van der Waals surface area contributed by atoms with Crippen molar-refractivity contribution in [3.05, 3.63) is 27.7 Å². The van der Waals surface area contributed by atoms with Crippen molar-refractivity contribution in [2.24, 2.45) is 0 Å². The van der Waals surface area contributed by atoms with Crippen molar-refractivity contribution in [1.82, 2.24) is 4.72 Å². The summed E-state index contributed by atoms with van der Waals surface area (Å²) in [7, 11) is -1.84. The fraction of sp³-hybridized carbons (Fsp3) is 0.500. The standard InChI is InChI=1S/C12H18BrNO3S/c1-9-8-12(10(2)7-11(9)13)18(15,16)14-5-4-6-17-3/h7-8,14H,4-6H2,1-3H3. The van der Waals surface area contributed by atoms with Crippen LogP contribution in [0, 0.1) is 13.8 Å². The Labute approximate surface area is 117 Å². The van der Waals surface area contributed by atoms with Crippen LogP contribution in [0.4, 0.5) is 0 Å². The zero-order chi connectivity index (χ0) is 13.8. The Morgan fingerprint density at radius 1 is 1.28 bits per heavy atom. The van der Waals surface area contributed by atoms with Gasteiger partial charge in [0.05, 0.1) is 4.90 Å². The molecule has 0 saturated carbocycles. The Morgan fingerprint density at radius 3 is 2.56 bits per heavy atom. The lowest BCUT2D eigenvalue weighted by atomic mass is 10.2. The highest BCUT2D eigenvalue weighted by atomic mass is 79.9. The number of rotatable bonds is 6. The van der Waals surface area contributed by atoms with Gasteiger partial charge in [0.25, 0.3) is 0 Å². The van der Waals surface area contributed by atoms with Crippen LogP contribution in [0.3, 0.4) is 0 Å². The second-order valence-electron chi connectivity index (χ2n) is 4.11. The first-order valence-corrected chi connectivity index (χ1v) is 7.91. The van der Waals surface area contributed by atoms with Gasteiger partial charge in [-0.05, 0) is 43.5 Å². The molecule has 1 aromatic carbocycles. The summed E-state index contributed by atoms with van der Waals surface area (Å²) in [5, 5.41) is 0. The van der Waals surface area contributed by atoms with Gasteiger partial charge in [-0.3, -0.25) is 0 Å². The van der Waals surface area contributed by atoms with Gasteiger partial charge in [-0.2, -0.15) is 0 Å². The van der Waals surface area contributed by atoms with Gasteiger partial charge in [0.2, 0.25) is 10.0 Å². The molecule has 0 bridgehead atoms. The third-order valence-corrected chi connectivity index (χ3v) is 5.02. The Bertz CT molecular complexity index is 514. The molecule has 102 valence electrons. The summed E-state index contributed by atoms with van der Waals surface area (Å²) in [6.45, 7) is 4.58. The van der Waals surface area contributed by atoms with Crippen molar-refractivity contribution >= 4 is 26.0 Å². The molecule has 0 aromatic heterocycles. The molecule has 0 heterocycles. The molecule has 0 fully saturated rings. The molecule has 0 aliphatic rings. The lowest BCUT2D eigenvalue weighted by Crippen LogP contribution is -2.26. The van der Waals surface area contributed by atoms with E-state index in [4.69, 9.17) is 4.74 Å². The second-order valence-corrected chi connectivity index (χ2v) is 6.70. The first-order valence-electron chi connectivity index (χ1n) is 5.64. The molecule has 4 nitrogen and oxygen atoms in total. The van der Waals surface area contributed by atoms with E-state index in [0.717, 1.165) is 15.6 Å². The second kappa shape index (κ2) is 6.65. The van der Waals surface area contributed by atoms with Gasteiger partial charge in [-0.25, -0.2) is 13.1 Å². The summed E-state index contributed by atoms with van der Waals surface area (Å²) in [6.07, 6.45) is 0.657. The summed E-state index contributed by atoms with van der Waals surface area (Å²) in [6, 6.07) is 3.50. The van der Waals surface area contributed by atoms with Gasteiger partial charge in [-0.1, -0.05) is 15.9 Å². The Morgan fingerprint density at radius 2 is 1.94 bits per heavy atom. The minimum absolute atomic E-state index is 0.334. The fourth-order valence-corrected chi connectivity index (χ4v) is 3.39. The lowest BCUT2D eigenvalue weighted by molar-refractivity contribution is 0.196. The minimum atomic E-state index is -3.44. The van der Waals surface area contributed by atoms with E-state index in [1.807, 2.05) is 13.0 Å². The van der Waals surface area contributed by atoms with E-state index in [-0.39, 0.29) is 0 Å². The normalized spacial score (nSPS) is 11.8. The molecule has 0 aliphatic carbocycles. The van der Waals surface area contributed by atoms with E-state index in [0.29, 0.717) is 24.5 Å². The first kappa shape index (κ1) is 15.6. The van der Waals surface area contributed by atoms with Gasteiger partial charge < -0.3 is 4.74 Å². The number of nitrogens with one attached hydrogen (secondary N) is 1. The molecule has 0 atom stereocenters. The molecule has 18 heavy (non-hydrogen) atoms. The van der Waals surface area contributed by atoms with Crippen LogP contribution in [0.2, 0.25) is 0 Å². The number of ether oxygens (including phenoxy) is 1. The topological polar surface area (TPSA) is 55.4 Å². The number of benzene rings is 1. The molecule has 1 N–H and O–H groups in total. The van der Waals surface area contributed by atoms with E-state index in [1.165, 1.54) is 0 Å². The molecule has 6 heteroatoms. The van der Waals surface area contributed by atoms with Crippen molar-refractivity contribution in [3.8, 4) is 0 Å². The van der Waals surface area contributed by atoms with Crippen molar-refractivity contribution in [1.29, 1.82) is 0 Å². The molecule has 0 saturated heterocycles. The van der Waals surface area contributed by atoms with Gasteiger partial charge >= 0.3 is 0 Å². The summed E-state index contributed by atoms with van der Waals surface area (Å²) >= 11 is 3.39. The van der Waals surface area contributed by atoms with E-state index >= 15 is 0 Å². The number of methoxy groups -OCH3 is 1. The quantitative estimate of drug-likeness (QED) is 0.812. The Balaban J connectivity index is 2.88. The van der Waals surface area contributed by atoms with E-state index in [2.05, 4.69) is 20.7 Å². The SMILES string of the molecule is COCCCNS(=O)(=O)c1cc(C)c(Br)cc1C. The summed E-state index contributed by atoms with van der Waals surface area (Å²) in [5.74, 6) is 0. The first-order chi connectivity index (χ1) is 8.38. The van der Waals surface area contributed by atoms with Gasteiger partial charge in [-0.15, -0.1) is 0 Å². The van der Waals surface area contributed by atoms with Crippen LogP contribution in [-0.2, 0) is 14.8 Å². The van der Waals surface area contributed by atoms with Crippen molar-refractivity contribution in [2.75, 3.05) is 20.3 Å². The Kier molecular flexibility index (Phi) is 5.78. The molecule has 0 radical (unpaired) electrons. The summed E-state index contributed by atoms with van der Waals surface area (Å²) < 4.78 is 32.6. The van der Waals surface area contributed by atoms with Gasteiger partial charge in [0.15, 0.2) is 0 Å². The zero-order valence-electron chi connectivity index (χ0n) is 10.8. The smallest absolute Gasteiger partial charge is 0.240 e. The van der Waals surface area contributed by atoms with Crippen LogP contribution >= 0.6 is 15.9 Å². The van der Waals surface area contributed by atoms with E-state index < -0.39 is 10.0 Å².